The minimum atomic E-state index is -3.37. The summed E-state index contributed by atoms with van der Waals surface area (Å²) >= 11 is 5.36. The van der Waals surface area contributed by atoms with Crippen molar-refractivity contribution in [3.05, 3.63) is 0 Å². The van der Waals surface area contributed by atoms with Gasteiger partial charge >= 0.3 is 0 Å². The van der Waals surface area contributed by atoms with Crippen molar-refractivity contribution in [1.82, 2.24) is 4.72 Å². The van der Waals surface area contributed by atoms with E-state index in [9.17, 15) is 8.42 Å². The molecule has 0 unspecified atom stereocenters. The predicted molar refractivity (Wildman–Crippen MR) is 52.0 cm³/mol. The Hall–Kier alpha value is -0.310. The first-order chi connectivity index (χ1) is 5.83. The number of sulfonamides is 1. The third-order valence-electron chi connectivity index (χ3n) is 1.24. The molecule has 0 aromatic rings. The Morgan fingerprint density at radius 1 is 1.54 bits per heavy atom. The van der Waals surface area contributed by atoms with Crippen molar-refractivity contribution < 1.29 is 8.42 Å². The van der Waals surface area contributed by atoms with E-state index in [2.05, 4.69) is 4.72 Å². The minimum absolute atomic E-state index is 0.0401. The molecule has 0 heterocycles. The van der Waals surface area contributed by atoms with Crippen LogP contribution in [0.5, 0.6) is 0 Å². The molecule has 0 aliphatic carbocycles. The molecule has 0 atom stereocenters. The summed E-state index contributed by atoms with van der Waals surface area (Å²) in [5.74, 6) is 0.259. The van der Waals surface area contributed by atoms with Gasteiger partial charge in [-0.2, -0.15) is 9.98 Å². The highest BCUT2D eigenvalue weighted by molar-refractivity contribution is 7.89. The molecule has 0 bridgehead atoms. The van der Waals surface area contributed by atoms with Gasteiger partial charge in [0.2, 0.25) is 10.0 Å². The number of nitrogens with one attached hydrogen (secondary N) is 1. The van der Waals surface area contributed by atoms with Crippen LogP contribution >= 0.6 is 11.6 Å². The van der Waals surface area contributed by atoms with E-state index in [4.69, 9.17) is 16.9 Å². The molecule has 0 radical (unpaired) electrons. The molecule has 0 amide bonds. The Labute approximate surface area is 83.9 Å². The quantitative estimate of drug-likeness (QED) is 0.704. The number of hydrogen-bond acceptors (Lipinski definition) is 3. The van der Waals surface area contributed by atoms with Crippen molar-refractivity contribution >= 4 is 21.6 Å². The maximum absolute atomic E-state index is 11.2. The number of halogens is 1. The van der Waals surface area contributed by atoms with Gasteiger partial charge < -0.3 is 0 Å². The van der Waals surface area contributed by atoms with Crippen molar-refractivity contribution in [3.63, 3.8) is 0 Å². The Balaban J connectivity index is 4.28. The Bertz CT molecular complexity index is 292. The van der Waals surface area contributed by atoms with E-state index in [1.165, 1.54) is 13.8 Å². The van der Waals surface area contributed by atoms with Crippen LogP contribution in [0.15, 0.2) is 0 Å². The average molecular weight is 225 g/mol. The van der Waals surface area contributed by atoms with Crippen LogP contribution in [0.25, 0.3) is 0 Å². The SMILES string of the molecule is CC(C)(C#N)NS(=O)(=O)CCCCl. The third kappa shape index (κ3) is 5.86. The van der Waals surface area contributed by atoms with Gasteiger partial charge in [0, 0.05) is 5.88 Å². The van der Waals surface area contributed by atoms with Gasteiger partial charge in [0.05, 0.1) is 11.8 Å². The molecule has 1 N–H and O–H groups in total. The first-order valence-corrected chi connectivity index (χ1v) is 6.00. The topological polar surface area (TPSA) is 70.0 Å². The van der Waals surface area contributed by atoms with Crippen LogP contribution in [-0.4, -0.2) is 25.6 Å². The zero-order chi connectivity index (χ0) is 10.5. The van der Waals surface area contributed by atoms with Gasteiger partial charge in [-0.05, 0) is 20.3 Å². The lowest BCUT2D eigenvalue weighted by Crippen LogP contribution is -2.43. The number of rotatable bonds is 5. The fourth-order valence-corrected chi connectivity index (χ4v) is 2.45. The van der Waals surface area contributed by atoms with Gasteiger partial charge in [-0.25, -0.2) is 8.42 Å². The molecular formula is C7H13ClN2O2S. The van der Waals surface area contributed by atoms with Gasteiger partial charge in [0.25, 0.3) is 0 Å². The lowest BCUT2D eigenvalue weighted by molar-refractivity contribution is 0.535. The summed E-state index contributed by atoms with van der Waals surface area (Å²) in [5, 5.41) is 8.58. The molecule has 76 valence electrons. The number of nitrogens with zero attached hydrogens (tertiary/aromatic N) is 1. The second kappa shape index (κ2) is 4.80. The molecule has 0 saturated heterocycles. The lowest BCUT2D eigenvalue weighted by atomic mass is 10.1. The zero-order valence-electron chi connectivity index (χ0n) is 7.67. The zero-order valence-corrected chi connectivity index (χ0v) is 9.24. The smallest absolute Gasteiger partial charge is 0.212 e. The third-order valence-corrected chi connectivity index (χ3v) is 3.15. The molecular weight excluding hydrogens is 212 g/mol. The maximum atomic E-state index is 11.2. The summed E-state index contributed by atoms with van der Waals surface area (Å²) in [6.07, 6.45) is 0.387. The molecule has 13 heavy (non-hydrogen) atoms. The van der Waals surface area contributed by atoms with Crippen molar-refractivity contribution in [2.75, 3.05) is 11.6 Å². The van der Waals surface area contributed by atoms with E-state index in [0.29, 0.717) is 12.3 Å². The molecule has 0 spiro atoms. The van der Waals surface area contributed by atoms with Gasteiger partial charge in [0.15, 0.2) is 0 Å². The first kappa shape index (κ1) is 12.7. The van der Waals surface area contributed by atoms with E-state index in [-0.39, 0.29) is 5.75 Å². The second-order valence-electron chi connectivity index (χ2n) is 3.20. The minimum Gasteiger partial charge on any atom is -0.212 e. The first-order valence-electron chi connectivity index (χ1n) is 3.82. The Morgan fingerprint density at radius 2 is 2.08 bits per heavy atom. The molecule has 4 nitrogen and oxygen atoms in total. The monoisotopic (exact) mass is 224 g/mol. The second-order valence-corrected chi connectivity index (χ2v) is 5.42. The molecule has 0 aliphatic rings. The van der Waals surface area contributed by atoms with E-state index < -0.39 is 15.6 Å². The summed E-state index contributed by atoms with van der Waals surface area (Å²) in [7, 11) is -3.37. The number of nitriles is 1. The lowest BCUT2D eigenvalue weighted by Gasteiger charge is -2.16. The highest BCUT2D eigenvalue weighted by atomic mass is 35.5. The fraction of sp³-hybridized carbons (Fsp3) is 0.857. The van der Waals surface area contributed by atoms with E-state index in [1.54, 1.807) is 0 Å². The van der Waals surface area contributed by atoms with Crippen LogP contribution in [-0.2, 0) is 10.0 Å². The Kier molecular flexibility index (Phi) is 4.68. The Morgan fingerprint density at radius 3 is 2.46 bits per heavy atom. The summed E-state index contributed by atoms with van der Waals surface area (Å²) in [6.45, 7) is 3.01. The van der Waals surface area contributed by atoms with Gasteiger partial charge in [-0.15, -0.1) is 11.6 Å². The van der Waals surface area contributed by atoms with Crippen molar-refractivity contribution in [2.45, 2.75) is 25.8 Å². The normalized spacial score (nSPS) is 12.5. The van der Waals surface area contributed by atoms with Crippen molar-refractivity contribution in [1.29, 1.82) is 5.26 Å². The van der Waals surface area contributed by atoms with E-state index in [0.717, 1.165) is 0 Å². The van der Waals surface area contributed by atoms with Gasteiger partial charge in [-0.1, -0.05) is 0 Å². The van der Waals surface area contributed by atoms with Gasteiger partial charge in [0.1, 0.15) is 5.54 Å². The van der Waals surface area contributed by atoms with Gasteiger partial charge in [-0.3, -0.25) is 0 Å². The largest absolute Gasteiger partial charge is 0.212 e. The molecule has 0 aromatic carbocycles. The van der Waals surface area contributed by atoms with Crippen LogP contribution in [0.1, 0.15) is 20.3 Å². The highest BCUT2D eigenvalue weighted by Crippen LogP contribution is 2.03. The molecule has 0 aromatic heterocycles. The van der Waals surface area contributed by atoms with Crippen molar-refractivity contribution in [2.24, 2.45) is 0 Å². The summed E-state index contributed by atoms with van der Waals surface area (Å²) in [6, 6.07) is 1.85. The number of alkyl halides is 1. The fourth-order valence-electron chi connectivity index (χ4n) is 0.707. The van der Waals surface area contributed by atoms with Crippen LogP contribution in [0.2, 0.25) is 0 Å². The van der Waals surface area contributed by atoms with Crippen molar-refractivity contribution in [3.8, 4) is 6.07 Å². The average Bonchev–Trinajstić information content (AvgIpc) is 1.99. The predicted octanol–water partition coefficient (Wildman–Crippen LogP) is 0.837. The van der Waals surface area contributed by atoms with Crippen LogP contribution in [0, 0.1) is 11.3 Å². The van der Waals surface area contributed by atoms with Crippen LogP contribution < -0.4 is 4.72 Å². The maximum Gasteiger partial charge on any atom is 0.212 e. The van der Waals surface area contributed by atoms with Crippen LogP contribution in [0.3, 0.4) is 0 Å². The molecule has 0 rings (SSSR count). The highest BCUT2D eigenvalue weighted by Gasteiger charge is 2.23. The summed E-state index contributed by atoms with van der Waals surface area (Å²) < 4.78 is 24.8. The van der Waals surface area contributed by atoms with Crippen LogP contribution in [0.4, 0.5) is 0 Å². The molecule has 6 heteroatoms. The van der Waals surface area contributed by atoms with E-state index >= 15 is 0 Å². The number of hydrogen-bond donors (Lipinski definition) is 1. The van der Waals surface area contributed by atoms with E-state index in [1.807, 2.05) is 6.07 Å². The standard InChI is InChI=1S/C7H13ClN2O2S/c1-7(2,6-9)10-13(11,12)5-3-4-8/h10H,3-5H2,1-2H3. The molecule has 0 aliphatic heterocycles. The molecule has 0 fully saturated rings. The summed E-state index contributed by atoms with van der Waals surface area (Å²) in [4.78, 5) is 0. The molecule has 0 saturated carbocycles. The summed E-state index contributed by atoms with van der Waals surface area (Å²) in [5.41, 5.74) is -1.05.